The first-order valence-electron chi connectivity index (χ1n) is 14.0. The van der Waals surface area contributed by atoms with E-state index in [-0.39, 0.29) is 23.9 Å². The average Bonchev–Trinajstić information content (AvgIpc) is 3.02. The highest BCUT2D eigenvalue weighted by molar-refractivity contribution is 6.02. The van der Waals surface area contributed by atoms with E-state index in [0.29, 0.717) is 17.7 Å². The van der Waals surface area contributed by atoms with Crippen LogP contribution in [0.2, 0.25) is 0 Å². The van der Waals surface area contributed by atoms with Gasteiger partial charge in [0.1, 0.15) is 0 Å². The molecule has 4 rings (SSSR count). The Kier molecular flexibility index (Phi) is 10.4. The fraction of sp³-hybridized carbons (Fsp3) is 0.281. The van der Waals surface area contributed by atoms with Crippen molar-refractivity contribution in [3.63, 3.8) is 0 Å². The van der Waals surface area contributed by atoms with Crippen LogP contribution in [0.15, 0.2) is 72.8 Å². The van der Waals surface area contributed by atoms with Crippen molar-refractivity contribution in [1.29, 1.82) is 0 Å². The minimum atomic E-state index is -5.11. The molecule has 3 amide bonds. The van der Waals surface area contributed by atoms with Crippen LogP contribution in [-0.2, 0) is 23.7 Å². The van der Waals surface area contributed by atoms with Gasteiger partial charge in [0.2, 0.25) is 6.17 Å². The van der Waals surface area contributed by atoms with E-state index in [1.165, 1.54) is 24.3 Å². The van der Waals surface area contributed by atoms with E-state index in [9.17, 15) is 45.1 Å². The minimum Gasteiger partial charge on any atom is -0.479 e. The van der Waals surface area contributed by atoms with Crippen LogP contribution in [0.25, 0.3) is 5.57 Å². The lowest BCUT2D eigenvalue weighted by Gasteiger charge is -2.25. The maximum Gasteiger partial charge on any atom is 0.416 e. The van der Waals surface area contributed by atoms with Crippen molar-refractivity contribution in [3.05, 3.63) is 101 Å². The number of carboxylic acid groups (broad SMARTS) is 1. The third-order valence-corrected chi connectivity index (χ3v) is 7.19. The van der Waals surface area contributed by atoms with E-state index in [2.05, 4.69) is 16.7 Å². The average molecular weight is 652 g/mol. The standard InChI is InChI=1S/C32H28F7N3O4/c33-27(29(44)45)17-40-28(43)22-8-6-19(7-9-22)18-42(26-12-10-21(11-13-26)20-4-2-1-3-5-20)30(46)41-25-15-23(31(34,35)36)14-24(16-25)32(37,38)39/h4,6-16,27H,1-3,5,17-18H2,(H,40,43)(H,41,46)(H,44,45). The molecule has 14 heteroatoms. The minimum absolute atomic E-state index is 0.0425. The lowest BCUT2D eigenvalue weighted by molar-refractivity contribution is -0.143. The number of allylic oxidation sites excluding steroid dienone is 2. The first-order chi connectivity index (χ1) is 21.6. The molecule has 0 heterocycles. The highest BCUT2D eigenvalue weighted by Crippen LogP contribution is 2.38. The molecule has 46 heavy (non-hydrogen) atoms. The van der Waals surface area contributed by atoms with Crippen LogP contribution in [0.3, 0.4) is 0 Å². The largest absolute Gasteiger partial charge is 0.479 e. The molecular weight excluding hydrogens is 623 g/mol. The van der Waals surface area contributed by atoms with Gasteiger partial charge >= 0.3 is 24.4 Å². The Balaban J connectivity index is 1.62. The zero-order valence-electron chi connectivity index (χ0n) is 24.0. The first-order valence-corrected chi connectivity index (χ1v) is 14.0. The normalized spacial score (nSPS) is 14.2. The van der Waals surface area contributed by atoms with Gasteiger partial charge in [-0.25, -0.2) is 14.0 Å². The quantitative estimate of drug-likeness (QED) is 0.204. The predicted molar refractivity (Wildman–Crippen MR) is 156 cm³/mol. The molecule has 0 saturated carbocycles. The number of benzene rings is 3. The summed E-state index contributed by atoms with van der Waals surface area (Å²) in [7, 11) is 0. The Hall–Kier alpha value is -4.88. The number of carbonyl (C=O) groups is 3. The molecule has 1 aliphatic carbocycles. The summed E-state index contributed by atoms with van der Waals surface area (Å²) in [6.45, 7) is -0.977. The Morgan fingerprint density at radius 2 is 1.46 bits per heavy atom. The highest BCUT2D eigenvalue weighted by atomic mass is 19.4. The predicted octanol–water partition coefficient (Wildman–Crippen LogP) is 8.07. The molecule has 1 aliphatic rings. The molecule has 0 fully saturated rings. The van der Waals surface area contributed by atoms with Crippen LogP contribution in [0.1, 0.15) is 58.3 Å². The van der Waals surface area contributed by atoms with Crippen molar-refractivity contribution in [2.75, 3.05) is 16.8 Å². The van der Waals surface area contributed by atoms with Crippen molar-refractivity contribution >= 4 is 34.9 Å². The summed E-state index contributed by atoms with van der Waals surface area (Å²) in [6, 6.07) is 12.0. The van der Waals surface area contributed by atoms with Crippen molar-refractivity contribution in [1.82, 2.24) is 5.32 Å². The van der Waals surface area contributed by atoms with E-state index in [0.717, 1.165) is 41.7 Å². The van der Waals surface area contributed by atoms with Gasteiger partial charge < -0.3 is 15.7 Å². The Morgan fingerprint density at radius 3 is 1.98 bits per heavy atom. The fourth-order valence-corrected chi connectivity index (χ4v) is 4.77. The molecule has 0 spiro atoms. The van der Waals surface area contributed by atoms with Gasteiger partial charge in [0.05, 0.1) is 24.2 Å². The van der Waals surface area contributed by atoms with Crippen LogP contribution in [0.4, 0.5) is 46.9 Å². The number of alkyl halides is 7. The molecular formula is C32H28F7N3O4. The maximum atomic E-state index is 13.5. The van der Waals surface area contributed by atoms with Crippen molar-refractivity contribution < 1.29 is 50.2 Å². The van der Waals surface area contributed by atoms with Gasteiger partial charge in [-0.2, -0.15) is 26.3 Å². The number of aliphatic carboxylic acids is 1. The second kappa shape index (κ2) is 14.0. The van der Waals surface area contributed by atoms with Gasteiger partial charge in [-0.05, 0) is 84.8 Å². The molecule has 7 nitrogen and oxygen atoms in total. The van der Waals surface area contributed by atoms with Crippen LogP contribution >= 0.6 is 0 Å². The van der Waals surface area contributed by atoms with Crippen LogP contribution in [-0.4, -0.2) is 35.7 Å². The molecule has 3 aromatic carbocycles. The van der Waals surface area contributed by atoms with Gasteiger partial charge in [-0.15, -0.1) is 0 Å². The SMILES string of the molecule is O=C(NCC(F)C(=O)O)c1ccc(CN(C(=O)Nc2cc(C(F)(F)F)cc(C(F)(F)F)c2)c2ccc(C3=CCCCC3)cc2)cc1. The summed E-state index contributed by atoms with van der Waals surface area (Å²) < 4.78 is 93.8. The zero-order valence-corrected chi connectivity index (χ0v) is 24.0. The van der Waals surface area contributed by atoms with Gasteiger partial charge in [0.25, 0.3) is 5.91 Å². The molecule has 3 aromatic rings. The Labute approximate surface area is 258 Å². The molecule has 244 valence electrons. The van der Waals surface area contributed by atoms with Gasteiger partial charge in [0, 0.05) is 16.9 Å². The number of anilines is 2. The molecule has 0 aromatic heterocycles. The van der Waals surface area contributed by atoms with Gasteiger partial charge in [0.15, 0.2) is 0 Å². The molecule has 0 saturated heterocycles. The number of urea groups is 1. The summed E-state index contributed by atoms with van der Waals surface area (Å²) in [4.78, 5) is 37.5. The third-order valence-electron chi connectivity index (χ3n) is 7.19. The van der Waals surface area contributed by atoms with Gasteiger partial charge in [-0.1, -0.05) is 30.3 Å². The number of nitrogens with zero attached hydrogens (tertiary/aromatic N) is 1. The van der Waals surface area contributed by atoms with Crippen LogP contribution in [0.5, 0.6) is 0 Å². The van der Waals surface area contributed by atoms with Crippen LogP contribution < -0.4 is 15.5 Å². The fourth-order valence-electron chi connectivity index (χ4n) is 4.77. The number of amides is 3. The monoisotopic (exact) mass is 651 g/mol. The third kappa shape index (κ3) is 8.86. The molecule has 0 radical (unpaired) electrons. The number of carboxylic acids is 1. The summed E-state index contributed by atoms with van der Waals surface area (Å²) in [5.74, 6) is -2.50. The van der Waals surface area contributed by atoms with E-state index < -0.39 is 59.8 Å². The van der Waals surface area contributed by atoms with Crippen molar-refractivity contribution in [2.45, 2.75) is 50.8 Å². The number of rotatable bonds is 9. The van der Waals surface area contributed by atoms with E-state index in [1.54, 1.807) is 24.3 Å². The van der Waals surface area contributed by atoms with Gasteiger partial charge in [-0.3, -0.25) is 9.69 Å². The Morgan fingerprint density at radius 1 is 0.848 bits per heavy atom. The topological polar surface area (TPSA) is 98.7 Å². The second-order valence-electron chi connectivity index (χ2n) is 10.5. The molecule has 0 bridgehead atoms. The summed E-state index contributed by atoms with van der Waals surface area (Å²) in [5, 5.41) is 12.9. The summed E-state index contributed by atoms with van der Waals surface area (Å²) in [5.41, 5.74) is -1.13. The zero-order chi connectivity index (χ0) is 33.6. The van der Waals surface area contributed by atoms with Crippen molar-refractivity contribution in [2.24, 2.45) is 0 Å². The summed E-state index contributed by atoms with van der Waals surface area (Å²) in [6.07, 6.45) is -6.55. The second-order valence-corrected chi connectivity index (χ2v) is 10.5. The number of hydrogen-bond acceptors (Lipinski definition) is 3. The number of nitrogens with one attached hydrogen (secondary N) is 2. The van der Waals surface area contributed by atoms with E-state index in [4.69, 9.17) is 5.11 Å². The van der Waals surface area contributed by atoms with Crippen LogP contribution in [0, 0.1) is 0 Å². The molecule has 1 unspecified atom stereocenters. The van der Waals surface area contributed by atoms with E-state index in [1.807, 2.05) is 0 Å². The number of carbonyl (C=O) groups excluding carboxylic acids is 2. The highest BCUT2D eigenvalue weighted by Gasteiger charge is 2.37. The van der Waals surface area contributed by atoms with Crippen molar-refractivity contribution in [3.8, 4) is 0 Å². The molecule has 3 N–H and O–H groups in total. The lowest BCUT2D eigenvalue weighted by Crippen LogP contribution is -2.35. The first kappa shape index (κ1) is 34.0. The number of halogens is 7. The smallest absolute Gasteiger partial charge is 0.416 e. The molecule has 0 aliphatic heterocycles. The Bertz CT molecular complexity index is 1570. The lowest BCUT2D eigenvalue weighted by atomic mass is 9.93. The van der Waals surface area contributed by atoms with E-state index >= 15 is 0 Å². The molecule has 1 atom stereocenters. The number of hydrogen-bond donors (Lipinski definition) is 3. The maximum absolute atomic E-state index is 13.5. The summed E-state index contributed by atoms with van der Waals surface area (Å²) >= 11 is 0.